The molecule has 2 aromatic heterocycles. The van der Waals surface area contributed by atoms with Crippen molar-refractivity contribution in [3.8, 4) is 5.69 Å². The zero-order valence-electron chi connectivity index (χ0n) is 12.6. The Bertz CT molecular complexity index is 776. The predicted octanol–water partition coefficient (Wildman–Crippen LogP) is 3.98. The van der Waals surface area contributed by atoms with Crippen LogP contribution in [0.15, 0.2) is 42.6 Å². The maximum Gasteiger partial charge on any atom is 0.125 e. The standard InChI is InChI=1S/C17H18FN3S/c1-12-6-7-17(22-12)10-19-9-14-11-21(20-13(14)2)16-5-3-4-15(18)8-16/h3-8,11,19H,9-10H2,1-2H3. The molecule has 3 nitrogen and oxygen atoms in total. The number of nitrogens with zero attached hydrogens (tertiary/aromatic N) is 2. The molecule has 1 aromatic carbocycles. The van der Waals surface area contributed by atoms with Crippen LogP contribution in [-0.2, 0) is 13.1 Å². The van der Waals surface area contributed by atoms with Crippen molar-refractivity contribution in [1.82, 2.24) is 15.1 Å². The van der Waals surface area contributed by atoms with Crippen molar-refractivity contribution in [2.45, 2.75) is 26.9 Å². The Morgan fingerprint density at radius 1 is 1.18 bits per heavy atom. The van der Waals surface area contributed by atoms with E-state index in [-0.39, 0.29) is 5.82 Å². The van der Waals surface area contributed by atoms with Gasteiger partial charge in [0, 0.05) is 34.6 Å². The SMILES string of the molecule is Cc1ccc(CNCc2cn(-c3cccc(F)c3)nc2C)s1. The van der Waals surface area contributed by atoms with Crippen molar-refractivity contribution >= 4 is 11.3 Å². The minimum Gasteiger partial charge on any atom is -0.308 e. The van der Waals surface area contributed by atoms with Crippen molar-refractivity contribution < 1.29 is 4.39 Å². The lowest BCUT2D eigenvalue weighted by Gasteiger charge is -2.02. The first-order valence-electron chi connectivity index (χ1n) is 7.19. The van der Waals surface area contributed by atoms with E-state index >= 15 is 0 Å². The van der Waals surface area contributed by atoms with Crippen molar-refractivity contribution in [2.24, 2.45) is 0 Å². The van der Waals surface area contributed by atoms with Gasteiger partial charge < -0.3 is 5.32 Å². The molecule has 3 rings (SSSR count). The van der Waals surface area contributed by atoms with Crippen molar-refractivity contribution in [3.05, 3.63) is 69.4 Å². The maximum absolute atomic E-state index is 13.3. The molecule has 0 radical (unpaired) electrons. The number of hydrogen-bond donors (Lipinski definition) is 1. The Morgan fingerprint density at radius 3 is 2.77 bits per heavy atom. The van der Waals surface area contributed by atoms with Crippen LogP contribution in [0.4, 0.5) is 4.39 Å². The average Bonchev–Trinajstić information content (AvgIpc) is 3.06. The largest absolute Gasteiger partial charge is 0.308 e. The quantitative estimate of drug-likeness (QED) is 0.772. The summed E-state index contributed by atoms with van der Waals surface area (Å²) in [6, 6.07) is 10.7. The second kappa shape index (κ2) is 6.42. The topological polar surface area (TPSA) is 29.9 Å². The van der Waals surface area contributed by atoms with Gasteiger partial charge in [0.05, 0.1) is 11.4 Å². The number of hydrogen-bond acceptors (Lipinski definition) is 3. The zero-order valence-corrected chi connectivity index (χ0v) is 13.5. The van der Waals surface area contributed by atoms with Gasteiger partial charge in [-0.25, -0.2) is 9.07 Å². The van der Waals surface area contributed by atoms with E-state index in [1.807, 2.05) is 19.2 Å². The van der Waals surface area contributed by atoms with E-state index < -0.39 is 0 Å². The normalized spacial score (nSPS) is 11.0. The van der Waals surface area contributed by atoms with Crippen molar-refractivity contribution in [1.29, 1.82) is 0 Å². The van der Waals surface area contributed by atoms with E-state index in [9.17, 15) is 4.39 Å². The molecule has 0 saturated carbocycles. The van der Waals surface area contributed by atoms with Crippen molar-refractivity contribution in [2.75, 3.05) is 0 Å². The molecule has 0 aliphatic rings. The minimum absolute atomic E-state index is 0.251. The van der Waals surface area contributed by atoms with Gasteiger partial charge in [0.1, 0.15) is 5.82 Å². The zero-order chi connectivity index (χ0) is 15.5. The van der Waals surface area contributed by atoms with E-state index in [1.165, 1.54) is 21.9 Å². The van der Waals surface area contributed by atoms with Gasteiger partial charge >= 0.3 is 0 Å². The van der Waals surface area contributed by atoms with Gasteiger partial charge in [-0.15, -0.1) is 11.3 Å². The van der Waals surface area contributed by atoms with E-state index in [4.69, 9.17) is 0 Å². The summed E-state index contributed by atoms with van der Waals surface area (Å²) in [5, 5.41) is 7.90. The fraction of sp³-hybridized carbons (Fsp3) is 0.235. The van der Waals surface area contributed by atoms with E-state index in [1.54, 1.807) is 22.1 Å². The maximum atomic E-state index is 13.3. The Morgan fingerprint density at radius 2 is 2.05 bits per heavy atom. The van der Waals surface area contributed by atoms with E-state index in [0.717, 1.165) is 30.0 Å². The first kappa shape index (κ1) is 14.9. The second-order valence-corrected chi connectivity index (χ2v) is 6.65. The molecule has 0 spiro atoms. The number of aryl methyl sites for hydroxylation is 2. The van der Waals surface area contributed by atoms with Gasteiger partial charge in [0.2, 0.25) is 0 Å². The molecule has 0 amide bonds. The van der Waals surface area contributed by atoms with Gasteiger partial charge in [-0.1, -0.05) is 6.07 Å². The first-order chi connectivity index (χ1) is 10.6. The third-order valence-corrected chi connectivity index (χ3v) is 4.48. The summed E-state index contributed by atoms with van der Waals surface area (Å²) in [5.41, 5.74) is 2.82. The Balaban J connectivity index is 1.67. The third kappa shape index (κ3) is 3.43. The second-order valence-electron chi connectivity index (χ2n) is 5.28. The first-order valence-corrected chi connectivity index (χ1v) is 8.00. The van der Waals surface area contributed by atoms with Crippen molar-refractivity contribution in [3.63, 3.8) is 0 Å². The Kier molecular flexibility index (Phi) is 4.36. The highest BCUT2D eigenvalue weighted by molar-refractivity contribution is 7.11. The van der Waals surface area contributed by atoms with Gasteiger partial charge in [-0.2, -0.15) is 5.10 Å². The summed E-state index contributed by atoms with van der Waals surface area (Å²) in [6.07, 6.45) is 1.96. The molecule has 0 unspecified atom stereocenters. The van der Waals surface area contributed by atoms with Crippen LogP contribution < -0.4 is 5.32 Å². The van der Waals surface area contributed by atoms with Gasteiger partial charge in [0.15, 0.2) is 0 Å². The Labute approximate surface area is 133 Å². The predicted molar refractivity (Wildman–Crippen MR) is 87.9 cm³/mol. The van der Waals surface area contributed by atoms with Gasteiger partial charge in [-0.3, -0.25) is 0 Å². The number of aromatic nitrogens is 2. The molecule has 0 bridgehead atoms. The minimum atomic E-state index is -0.251. The summed E-state index contributed by atoms with van der Waals surface area (Å²) in [7, 11) is 0. The van der Waals surface area contributed by atoms with Gasteiger partial charge in [0.25, 0.3) is 0 Å². The van der Waals surface area contributed by atoms with Crippen LogP contribution in [0, 0.1) is 19.7 Å². The summed E-state index contributed by atoms with van der Waals surface area (Å²) < 4.78 is 15.0. The van der Waals surface area contributed by atoms with Crippen LogP contribution >= 0.6 is 11.3 Å². The number of nitrogens with one attached hydrogen (secondary N) is 1. The lowest BCUT2D eigenvalue weighted by Crippen LogP contribution is -2.11. The molecule has 22 heavy (non-hydrogen) atoms. The molecule has 1 N–H and O–H groups in total. The molecule has 0 aliphatic carbocycles. The fourth-order valence-corrected chi connectivity index (χ4v) is 3.18. The number of rotatable bonds is 5. The molecule has 0 atom stereocenters. The fourth-order valence-electron chi connectivity index (χ4n) is 2.32. The molecular formula is C17H18FN3S. The lowest BCUT2D eigenvalue weighted by atomic mass is 10.2. The molecule has 3 aromatic rings. The van der Waals surface area contributed by atoms with Crippen LogP contribution in [-0.4, -0.2) is 9.78 Å². The molecular weight excluding hydrogens is 297 g/mol. The smallest absolute Gasteiger partial charge is 0.125 e. The molecule has 5 heteroatoms. The summed E-state index contributed by atoms with van der Waals surface area (Å²) in [6.45, 7) is 5.69. The molecule has 0 saturated heterocycles. The van der Waals surface area contributed by atoms with E-state index in [2.05, 4.69) is 29.5 Å². The highest BCUT2D eigenvalue weighted by Gasteiger charge is 2.07. The molecule has 2 heterocycles. The average molecular weight is 315 g/mol. The van der Waals surface area contributed by atoms with E-state index in [0.29, 0.717) is 0 Å². The molecule has 0 fully saturated rings. The number of benzene rings is 1. The highest BCUT2D eigenvalue weighted by atomic mass is 32.1. The number of halogens is 1. The van der Waals surface area contributed by atoms with Crippen LogP contribution in [0.25, 0.3) is 5.69 Å². The summed E-state index contributed by atoms with van der Waals surface area (Å²) in [4.78, 5) is 2.65. The van der Waals surface area contributed by atoms with Crippen LogP contribution in [0.5, 0.6) is 0 Å². The highest BCUT2D eigenvalue weighted by Crippen LogP contribution is 2.16. The van der Waals surface area contributed by atoms with Gasteiger partial charge in [-0.05, 0) is 44.2 Å². The summed E-state index contributed by atoms with van der Waals surface area (Å²) >= 11 is 1.81. The third-order valence-electron chi connectivity index (χ3n) is 3.48. The molecule has 0 aliphatic heterocycles. The van der Waals surface area contributed by atoms with Crippen LogP contribution in [0.3, 0.4) is 0 Å². The number of thiophene rings is 1. The van der Waals surface area contributed by atoms with Crippen LogP contribution in [0.1, 0.15) is 21.0 Å². The molecule has 114 valence electrons. The lowest BCUT2D eigenvalue weighted by molar-refractivity contribution is 0.625. The van der Waals surface area contributed by atoms with Crippen LogP contribution in [0.2, 0.25) is 0 Å². The summed E-state index contributed by atoms with van der Waals surface area (Å²) in [5.74, 6) is -0.251. The monoisotopic (exact) mass is 315 g/mol. The Hall–Kier alpha value is -1.98.